The van der Waals surface area contributed by atoms with Crippen LogP contribution in [-0.2, 0) is 23.9 Å². The Kier molecular flexibility index (Phi) is 5.53. The number of hydrogen-bond acceptors (Lipinski definition) is 5. The number of esters is 1. The fraction of sp³-hybridized carbons (Fsp3) is 0.524. The molecule has 1 N–H and O–H groups in total. The van der Waals surface area contributed by atoms with Crippen molar-refractivity contribution in [2.45, 2.75) is 31.0 Å². The maximum absolute atomic E-state index is 12.7. The van der Waals surface area contributed by atoms with Crippen molar-refractivity contribution in [2.24, 2.45) is 23.7 Å². The van der Waals surface area contributed by atoms with Crippen LogP contribution in [0.1, 0.15) is 17.5 Å². The third kappa shape index (κ3) is 3.48. The number of alkyl halides is 2. The van der Waals surface area contributed by atoms with Gasteiger partial charge in [-0.1, -0.05) is 6.07 Å². The number of imide groups is 1. The number of nitrogens with one attached hydrogen (secondary N) is 1. The zero-order valence-electron chi connectivity index (χ0n) is 16.6. The van der Waals surface area contributed by atoms with Crippen molar-refractivity contribution in [3.63, 3.8) is 0 Å². The van der Waals surface area contributed by atoms with E-state index < -0.39 is 48.7 Å². The third-order valence-corrected chi connectivity index (χ3v) is 7.84. The molecule has 1 saturated heterocycles. The van der Waals surface area contributed by atoms with Crippen molar-refractivity contribution < 1.29 is 23.9 Å². The van der Waals surface area contributed by atoms with Crippen molar-refractivity contribution in [2.75, 3.05) is 18.5 Å². The molecule has 1 aromatic rings. The Morgan fingerprint density at radius 1 is 1.07 bits per heavy atom. The first-order valence-electron chi connectivity index (χ1n) is 9.85. The zero-order chi connectivity index (χ0) is 21.7. The molecule has 4 rings (SSSR count). The van der Waals surface area contributed by atoms with Crippen LogP contribution >= 0.6 is 23.2 Å². The molecule has 3 amide bonds. The number of carbonyl (C=O) groups excluding carboxylic acids is 4. The number of fused-ring (bicyclic) bond motifs is 5. The van der Waals surface area contributed by atoms with Crippen LogP contribution in [0.4, 0.5) is 5.69 Å². The molecular weight excluding hydrogens is 431 g/mol. The lowest BCUT2D eigenvalue weighted by molar-refractivity contribution is -0.154. The molecule has 0 aromatic heterocycles. The van der Waals surface area contributed by atoms with E-state index in [1.165, 1.54) is 0 Å². The number of ether oxygens (including phenoxy) is 1. The Morgan fingerprint density at radius 3 is 2.23 bits per heavy atom. The van der Waals surface area contributed by atoms with Crippen LogP contribution in [-0.4, -0.2) is 52.5 Å². The number of carbonyl (C=O) groups is 4. The number of rotatable bonds is 5. The number of halogens is 2. The summed E-state index contributed by atoms with van der Waals surface area (Å²) in [6.45, 7) is 2.87. The van der Waals surface area contributed by atoms with E-state index in [1.54, 1.807) is 6.07 Å². The van der Waals surface area contributed by atoms with E-state index in [0.717, 1.165) is 16.0 Å². The van der Waals surface area contributed by atoms with E-state index in [1.807, 2.05) is 26.0 Å². The number of likely N-dealkylation sites (tertiary alicyclic amines) is 1. The van der Waals surface area contributed by atoms with E-state index in [-0.39, 0.29) is 22.6 Å². The zero-order valence-corrected chi connectivity index (χ0v) is 18.1. The summed E-state index contributed by atoms with van der Waals surface area (Å²) >= 11 is 12.6. The number of nitrogens with zero attached hydrogens (tertiary/aromatic N) is 1. The fourth-order valence-electron chi connectivity index (χ4n) is 4.90. The van der Waals surface area contributed by atoms with Gasteiger partial charge in [0.1, 0.15) is 6.54 Å². The number of hydrogen-bond donors (Lipinski definition) is 1. The molecule has 2 bridgehead atoms. The Morgan fingerprint density at radius 2 is 1.67 bits per heavy atom. The summed E-state index contributed by atoms with van der Waals surface area (Å²) in [5.41, 5.74) is 2.71. The van der Waals surface area contributed by atoms with E-state index in [9.17, 15) is 19.2 Å². The largest absolute Gasteiger partial charge is 0.454 e. The minimum Gasteiger partial charge on any atom is -0.454 e. The highest BCUT2D eigenvalue weighted by atomic mass is 35.5. The van der Waals surface area contributed by atoms with Gasteiger partial charge in [-0.25, -0.2) is 0 Å². The molecule has 30 heavy (non-hydrogen) atoms. The summed E-state index contributed by atoms with van der Waals surface area (Å²) in [7, 11) is 0. The Balaban J connectivity index is 1.31. The molecule has 0 unspecified atom stereocenters. The van der Waals surface area contributed by atoms with Crippen LogP contribution in [0.5, 0.6) is 0 Å². The molecule has 1 heterocycles. The normalized spacial score (nSPS) is 31.8. The van der Waals surface area contributed by atoms with Gasteiger partial charge in [-0.3, -0.25) is 24.1 Å². The summed E-state index contributed by atoms with van der Waals surface area (Å²) in [6, 6.07) is 5.45. The molecule has 9 heteroatoms. The molecule has 2 aliphatic carbocycles. The van der Waals surface area contributed by atoms with Gasteiger partial charge in [0.15, 0.2) is 6.61 Å². The lowest BCUT2D eigenvalue weighted by Crippen LogP contribution is -2.38. The van der Waals surface area contributed by atoms with Crippen LogP contribution in [0.25, 0.3) is 0 Å². The van der Waals surface area contributed by atoms with Crippen LogP contribution in [0, 0.1) is 37.5 Å². The lowest BCUT2D eigenvalue weighted by Gasteiger charge is -2.28. The standard InChI is InChI=1S/C21H22Cl2N2O5/c1-9-3-4-11(5-10(9)2)24-14(26)8-30-15(27)7-25-20(28)16-12-6-13(17(16)21(25)29)19(23)18(12)22/h3-5,12-13,16-19H,6-8H2,1-2H3,(H,24,26)/t12-,13-,16-,17-,18-,19+/m1/s1. The summed E-state index contributed by atoms with van der Waals surface area (Å²) in [5.74, 6) is -3.44. The average molecular weight is 453 g/mol. The Labute approximate surface area is 184 Å². The van der Waals surface area contributed by atoms with E-state index in [0.29, 0.717) is 12.1 Å². The summed E-state index contributed by atoms with van der Waals surface area (Å²) in [6.07, 6.45) is 0.659. The fourth-order valence-corrected chi connectivity index (χ4v) is 5.80. The maximum atomic E-state index is 12.7. The van der Waals surface area contributed by atoms with Gasteiger partial charge in [0.05, 0.1) is 22.6 Å². The van der Waals surface area contributed by atoms with Crippen LogP contribution in [0.15, 0.2) is 18.2 Å². The van der Waals surface area contributed by atoms with Crippen LogP contribution < -0.4 is 5.32 Å². The average Bonchev–Trinajstić information content (AvgIpc) is 3.30. The molecule has 0 spiro atoms. The number of amides is 3. The van der Waals surface area contributed by atoms with Crippen LogP contribution in [0.3, 0.4) is 0 Å². The second-order valence-corrected chi connectivity index (χ2v) is 9.28. The van der Waals surface area contributed by atoms with Gasteiger partial charge in [0.2, 0.25) is 11.8 Å². The van der Waals surface area contributed by atoms with Gasteiger partial charge in [-0.2, -0.15) is 0 Å². The van der Waals surface area contributed by atoms with E-state index >= 15 is 0 Å². The summed E-state index contributed by atoms with van der Waals surface area (Å²) in [5, 5.41) is 1.94. The maximum Gasteiger partial charge on any atom is 0.326 e. The monoisotopic (exact) mass is 452 g/mol. The second kappa shape index (κ2) is 7.85. The smallest absolute Gasteiger partial charge is 0.326 e. The molecule has 1 aliphatic heterocycles. The highest BCUT2D eigenvalue weighted by Gasteiger charge is 2.66. The molecule has 0 radical (unpaired) electrons. The third-order valence-electron chi connectivity index (χ3n) is 6.52. The van der Waals surface area contributed by atoms with Gasteiger partial charge in [-0.05, 0) is 55.4 Å². The summed E-state index contributed by atoms with van der Waals surface area (Å²) in [4.78, 5) is 50.6. The minimum absolute atomic E-state index is 0.148. The second-order valence-electron chi connectivity index (χ2n) is 8.27. The quantitative estimate of drug-likeness (QED) is 0.420. The summed E-state index contributed by atoms with van der Waals surface area (Å²) < 4.78 is 4.97. The highest BCUT2D eigenvalue weighted by Crippen LogP contribution is 2.59. The minimum atomic E-state index is -0.816. The number of aryl methyl sites for hydroxylation is 2. The molecule has 3 aliphatic rings. The van der Waals surface area contributed by atoms with Crippen molar-refractivity contribution >= 4 is 52.6 Å². The van der Waals surface area contributed by atoms with Crippen LogP contribution in [0.2, 0.25) is 0 Å². The van der Waals surface area contributed by atoms with Crippen molar-refractivity contribution in [1.29, 1.82) is 0 Å². The van der Waals surface area contributed by atoms with Crippen molar-refractivity contribution in [3.05, 3.63) is 29.3 Å². The Bertz CT molecular complexity index is 904. The van der Waals surface area contributed by atoms with E-state index in [2.05, 4.69) is 5.32 Å². The predicted octanol–water partition coefficient (Wildman–Crippen LogP) is 2.25. The van der Waals surface area contributed by atoms with Crippen molar-refractivity contribution in [1.82, 2.24) is 4.90 Å². The van der Waals surface area contributed by atoms with Gasteiger partial charge in [-0.15, -0.1) is 23.2 Å². The SMILES string of the molecule is Cc1ccc(NC(=O)COC(=O)CN2C(=O)[C@@H]3[C@H]4C[C@@H]([C@@H](Cl)[C@H]4Cl)[C@H]3C2=O)cc1C. The molecule has 2 saturated carbocycles. The van der Waals surface area contributed by atoms with Gasteiger partial charge in [0.25, 0.3) is 5.91 Å². The molecule has 1 aromatic carbocycles. The number of anilines is 1. The molecule has 7 nitrogen and oxygen atoms in total. The first-order chi connectivity index (χ1) is 14.2. The predicted molar refractivity (Wildman–Crippen MR) is 110 cm³/mol. The van der Waals surface area contributed by atoms with Gasteiger partial charge >= 0.3 is 5.97 Å². The van der Waals surface area contributed by atoms with E-state index in [4.69, 9.17) is 27.9 Å². The van der Waals surface area contributed by atoms with Crippen molar-refractivity contribution in [3.8, 4) is 0 Å². The first kappa shape index (κ1) is 21.1. The number of benzene rings is 1. The van der Waals surface area contributed by atoms with Gasteiger partial charge < -0.3 is 10.1 Å². The lowest BCUT2D eigenvalue weighted by atomic mass is 9.80. The molecule has 3 fully saturated rings. The molecule has 160 valence electrons. The first-order valence-corrected chi connectivity index (χ1v) is 10.7. The molecule has 6 atom stereocenters. The molecular formula is C21H22Cl2N2O5. The Hall–Kier alpha value is -2.12. The highest BCUT2D eigenvalue weighted by molar-refractivity contribution is 6.31. The van der Waals surface area contributed by atoms with Gasteiger partial charge in [0, 0.05) is 5.69 Å². The topological polar surface area (TPSA) is 92.8 Å².